The van der Waals surface area contributed by atoms with Crippen LogP contribution in [0.25, 0.3) is 17.0 Å². The van der Waals surface area contributed by atoms with Crippen molar-refractivity contribution in [3.63, 3.8) is 0 Å². The number of aliphatic carboxylic acids is 1. The molecule has 156 valence electrons. The van der Waals surface area contributed by atoms with Gasteiger partial charge in [-0.2, -0.15) is 0 Å². The fourth-order valence-corrected chi connectivity index (χ4v) is 4.12. The Morgan fingerprint density at radius 3 is 2.61 bits per heavy atom. The van der Waals surface area contributed by atoms with Crippen molar-refractivity contribution in [2.24, 2.45) is 10.7 Å². The third kappa shape index (κ3) is 4.67. The Labute approximate surface area is 181 Å². The second-order valence-electron chi connectivity index (χ2n) is 6.91. The lowest BCUT2D eigenvalue weighted by Gasteiger charge is -2.00. The Bertz CT molecular complexity index is 1260. The van der Waals surface area contributed by atoms with Crippen LogP contribution in [-0.4, -0.2) is 32.6 Å². The number of rotatable bonds is 6. The number of benzene rings is 2. The Kier molecular flexibility index (Phi) is 5.59. The summed E-state index contributed by atoms with van der Waals surface area (Å²) in [6.45, 7) is 0.0492. The molecule has 1 aliphatic rings. The highest BCUT2D eigenvalue weighted by atomic mass is 32.2. The first-order valence-electron chi connectivity index (χ1n) is 9.35. The summed E-state index contributed by atoms with van der Waals surface area (Å²) in [7, 11) is 0. The van der Waals surface area contributed by atoms with Crippen LogP contribution in [0.3, 0.4) is 0 Å². The highest BCUT2D eigenvalue weighted by Crippen LogP contribution is 2.31. The molecule has 3 aromatic rings. The standard InChI is InChI=1S/C22H18N4O4S/c23-19(27)12-26-11-14(16-3-1-2-4-17(16)26)10-18-21(30)25-22(31-18)24-15-7-5-13(6-8-15)9-20(28)29/h1-8,10-11H,9,12H2,(H2,23,27)(H,28,29)(H,24,25,30). The number of carboxylic acids is 1. The molecule has 4 rings (SSSR count). The molecule has 1 aromatic heterocycles. The maximum Gasteiger partial charge on any atom is 0.307 e. The molecule has 2 amide bonds. The molecule has 0 bridgehead atoms. The number of hydrogen-bond donors (Lipinski definition) is 3. The van der Waals surface area contributed by atoms with Gasteiger partial charge in [-0.1, -0.05) is 30.3 Å². The first-order valence-corrected chi connectivity index (χ1v) is 10.2. The van der Waals surface area contributed by atoms with E-state index >= 15 is 0 Å². The van der Waals surface area contributed by atoms with Gasteiger partial charge in [-0.3, -0.25) is 14.4 Å². The third-order valence-electron chi connectivity index (χ3n) is 4.61. The number of hydrogen-bond acceptors (Lipinski definition) is 5. The van der Waals surface area contributed by atoms with Crippen molar-refractivity contribution in [2.45, 2.75) is 13.0 Å². The van der Waals surface area contributed by atoms with Gasteiger partial charge < -0.3 is 20.7 Å². The van der Waals surface area contributed by atoms with E-state index in [0.717, 1.165) is 16.5 Å². The van der Waals surface area contributed by atoms with Gasteiger partial charge in [0.05, 0.1) is 17.0 Å². The fraction of sp³-hybridized carbons (Fsp3) is 0.0909. The van der Waals surface area contributed by atoms with Crippen molar-refractivity contribution in [1.29, 1.82) is 0 Å². The van der Waals surface area contributed by atoms with Gasteiger partial charge in [0.2, 0.25) is 5.91 Å². The number of carbonyl (C=O) groups excluding carboxylic acids is 2. The van der Waals surface area contributed by atoms with Crippen molar-refractivity contribution in [3.8, 4) is 0 Å². The second-order valence-corrected chi connectivity index (χ2v) is 7.95. The van der Waals surface area contributed by atoms with E-state index in [4.69, 9.17) is 10.8 Å². The number of fused-ring (bicyclic) bond motifs is 1. The number of carbonyl (C=O) groups is 3. The molecule has 2 heterocycles. The highest BCUT2D eigenvalue weighted by Gasteiger charge is 2.24. The van der Waals surface area contributed by atoms with Gasteiger partial charge in [-0.15, -0.1) is 0 Å². The van der Waals surface area contributed by atoms with Crippen LogP contribution in [0.5, 0.6) is 0 Å². The fourth-order valence-electron chi connectivity index (χ4n) is 3.29. The SMILES string of the molecule is NC(=O)Cn1cc(C=C2SC(=Nc3ccc(CC(=O)O)cc3)NC2=O)c2ccccc21. The maximum absolute atomic E-state index is 12.4. The summed E-state index contributed by atoms with van der Waals surface area (Å²) in [5.41, 5.74) is 8.28. The minimum absolute atomic E-state index is 0.0492. The number of aromatic nitrogens is 1. The lowest BCUT2D eigenvalue weighted by Crippen LogP contribution is -2.19. The molecule has 0 saturated carbocycles. The zero-order chi connectivity index (χ0) is 22.0. The van der Waals surface area contributed by atoms with Crippen LogP contribution in [0.2, 0.25) is 0 Å². The molecule has 1 saturated heterocycles. The predicted octanol–water partition coefficient (Wildman–Crippen LogP) is 2.65. The first-order chi connectivity index (χ1) is 14.9. The van der Waals surface area contributed by atoms with Gasteiger partial charge >= 0.3 is 5.97 Å². The Hall–Kier alpha value is -3.85. The van der Waals surface area contributed by atoms with E-state index in [-0.39, 0.29) is 18.9 Å². The van der Waals surface area contributed by atoms with E-state index in [1.54, 1.807) is 41.1 Å². The molecule has 8 nitrogen and oxygen atoms in total. The van der Waals surface area contributed by atoms with E-state index in [0.29, 0.717) is 21.3 Å². The van der Waals surface area contributed by atoms with E-state index in [1.807, 2.05) is 24.3 Å². The number of primary amides is 1. The lowest BCUT2D eigenvalue weighted by atomic mass is 10.1. The molecule has 1 aliphatic heterocycles. The Morgan fingerprint density at radius 2 is 1.90 bits per heavy atom. The number of thioether (sulfide) groups is 1. The average Bonchev–Trinajstić information content (AvgIpc) is 3.23. The molecule has 0 unspecified atom stereocenters. The van der Waals surface area contributed by atoms with Crippen molar-refractivity contribution in [3.05, 3.63) is 70.8 Å². The van der Waals surface area contributed by atoms with Gasteiger partial charge in [0.25, 0.3) is 5.91 Å². The van der Waals surface area contributed by atoms with Crippen LogP contribution >= 0.6 is 11.8 Å². The van der Waals surface area contributed by atoms with E-state index in [1.165, 1.54) is 11.8 Å². The number of para-hydroxylation sites is 1. The van der Waals surface area contributed by atoms with Crippen molar-refractivity contribution >= 4 is 57.4 Å². The van der Waals surface area contributed by atoms with Gasteiger partial charge in [0.1, 0.15) is 6.54 Å². The summed E-state index contributed by atoms with van der Waals surface area (Å²) in [4.78, 5) is 39.5. The summed E-state index contributed by atoms with van der Waals surface area (Å²) >= 11 is 1.21. The van der Waals surface area contributed by atoms with Crippen molar-refractivity contribution in [2.75, 3.05) is 0 Å². The zero-order valence-electron chi connectivity index (χ0n) is 16.2. The number of nitrogens with two attached hydrogens (primary N) is 1. The van der Waals surface area contributed by atoms with Crippen LogP contribution in [0.1, 0.15) is 11.1 Å². The minimum atomic E-state index is -0.898. The van der Waals surface area contributed by atoms with Crippen LogP contribution < -0.4 is 11.1 Å². The van der Waals surface area contributed by atoms with E-state index in [2.05, 4.69) is 10.3 Å². The van der Waals surface area contributed by atoms with Crippen molar-refractivity contribution < 1.29 is 19.5 Å². The molecule has 31 heavy (non-hydrogen) atoms. The van der Waals surface area contributed by atoms with Crippen LogP contribution in [-0.2, 0) is 27.3 Å². The van der Waals surface area contributed by atoms with Crippen LogP contribution in [0.4, 0.5) is 5.69 Å². The maximum atomic E-state index is 12.4. The molecule has 0 spiro atoms. The largest absolute Gasteiger partial charge is 0.481 e. The molecule has 2 aromatic carbocycles. The quantitative estimate of drug-likeness (QED) is 0.514. The number of amides is 2. The number of carboxylic acid groups (broad SMARTS) is 1. The smallest absolute Gasteiger partial charge is 0.307 e. The molecule has 9 heteroatoms. The molecular formula is C22H18N4O4S. The monoisotopic (exact) mass is 434 g/mol. The molecule has 0 aliphatic carbocycles. The van der Waals surface area contributed by atoms with E-state index < -0.39 is 11.9 Å². The summed E-state index contributed by atoms with van der Waals surface area (Å²) in [6.07, 6.45) is 3.50. The second kappa shape index (κ2) is 8.49. The minimum Gasteiger partial charge on any atom is -0.481 e. The van der Waals surface area contributed by atoms with Crippen molar-refractivity contribution in [1.82, 2.24) is 9.88 Å². The van der Waals surface area contributed by atoms with Crippen LogP contribution in [0.15, 0.2) is 64.6 Å². The van der Waals surface area contributed by atoms with E-state index in [9.17, 15) is 14.4 Å². The molecule has 0 radical (unpaired) electrons. The normalized spacial score (nSPS) is 16.2. The average molecular weight is 434 g/mol. The summed E-state index contributed by atoms with van der Waals surface area (Å²) in [5.74, 6) is -1.61. The van der Waals surface area contributed by atoms with Crippen LogP contribution in [0, 0.1) is 0 Å². The molecule has 0 atom stereocenters. The first kappa shape index (κ1) is 20.4. The number of nitrogens with zero attached hydrogens (tertiary/aromatic N) is 2. The van der Waals surface area contributed by atoms with Gasteiger partial charge in [0, 0.05) is 22.7 Å². The lowest BCUT2D eigenvalue weighted by molar-refractivity contribution is -0.136. The predicted molar refractivity (Wildman–Crippen MR) is 120 cm³/mol. The summed E-state index contributed by atoms with van der Waals surface area (Å²) < 4.78 is 1.76. The van der Waals surface area contributed by atoms with Gasteiger partial charge in [-0.25, -0.2) is 4.99 Å². The summed E-state index contributed by atoms with van der Waals surface area (Å²) in [5, 5.41) is 12.9. The third-order valence-corrected chi connectivity index (χ3v) is 5.52. The topological polar surface area (TPSA) is 127 Å². The van der Waals surface area contributed by atoms with Gasteiger partial charge in [0.15, 0.2) is 5.17 Å². The number of nitrogens with one attached hydrogen (secondary N) is 1. The Morgan fingerprint density at radius 1 is 1.16 bits per heavy atom. The summed E-state index contributed by atoms with van der Waals surface area (Å²) in [6, 6.07) is 14.4. The molecular weight excluding hydrogens is 416 g/mol. The Balaban J connectivity index is 1.59. The number of amidine groups is 1. The number of aliphatic imine (C=N–C) groups is 1. The zero-order valence-corrected chi connectivity index (χ0v) is 17.1. The van der Waals surface area contributed by atoms with Gasteiger partial charge in [-0.05, 0) is 41.6 Å². The molecule has 1 fully saturated rings. The molecule has 4 N–H and O–H groups in total. The highest BCUT2D eigenvalue weighted by molar-refractivity contribution is 8.18.